The van der Waals surface area contributed by atoms with Crippen LogP contribution in [0.4, 0.5) is 5.95 Å². The number of amides is 1. The molecule has 128 valence electrons. The van der Waals surface area contributed by atoms with E-state index in [9.17, 15) is 4.79 Å². The van der Waals surface area contributed by atoms with Crippen molar-refractivity contribution in [3.8, 4) is 17.2 Å². The van der Waals surface area contributed by atoms with Crippen molar-refractivity contribution in [3.05, 3.63) is 59.1 Å². The van der Waals surface area contributed by atoms with E-state index in [1.807, 2.05) is 37.3 Å². The predicted octanol–water partition coefficient (Wildman–Crippen LogP) is 4.10. The molecule has 0 aliphatic rings. The van der Waals surface area contributed by atoms with Crippen molar-refractivity contribution in [3.63, 3.8) is 0 Å². The van der Waals surface area contributed by atoms with E-state index >= 15 is 0 Å². The van der Waals surface area contributed by atoms with Crippen LogP contribution in [0, 0.1) is 6.92 Å². The molecule has 1 aromatic heterocycles. The lowest BCUT2D eigenvalue weighted by Gasteiger charge is -2.14. The molecule has 0 aliphatic heterocycles. The Balaban J connectivity index is 1.63. The highest BCUT2D eigenvalue weighted by Crippen LogP contribution is 2.22. The monoisotopic (exact) mass is 357 g/mol. The highest BCUT2D eigenvalue weighted by Gasteiger charge is 2.18. The van der Waals surface area contributed by atoms with Crippen LogP contribution in [-0.4, -0.2) is 22.2 Å². The Labute approximate surface area is 149 Å². The minimum atomic E-state index is -0.737. The van der Waals surface area contributed by atoms with E-state index in [0.29, 0.717) is 16.7 Å². The van der Waals surface area contributed by atoms with Crippen LogP contribution in [0.3, 0.4) is 0 Å². The van der Waals surface area contributed by atoms with Gasteiger partial charge in [-0.3, -0.25) is 10.1 Å². The van der Waals surface area contributed by atoms with E-state index in [-0.39, 0.29) is 11.9 Å². The van der Waals surface area contributed by atoms with Crippen molar-refractivity contribution in [1.82, 2.24) is 10.1 Å². The third-order valence-electron chi connectivity index (χ3n) is 3.49. The Morgan fingerprint density at radius 1 is 1.24 bits per heavy atom. The summed E-state index contributed by atoms with van der Waals surface area (Å²) in [6.45, 7) is 3.50. The number of anilines is 1. The molecule has 1 heterocycles. The Hall–Kier alpha value is -2.86. The molecule has 2 aromatic carbocycles. The molecule has 1 atom stereocenters. The maximum Gasteiger partial charge on any atom is 0.270 e. The summed E-state index contributed by atoms with van der Waals surface area (Å²) in [5.41, 5.74) is 1.65. The topological polar surface area (TPSA) is 77.2 Å². The number of carbonyl (C=O) groups excluding carboxylic acids is 1. The highest BCUT2D eigenvalue weighted by atomic mass is 35.5. The van der Waals surface area contributed by atoms with E-state index in [0.717, 1.165) is 11.1 Å². The summed E-state index contributed by atoms with van der Waals surface area (Å²) in [7, 11) is 0. The molecule has 0 spiro atoms. The molecule has 0 aliphatic carbocycles. The van der Waals surface area contributed by atoms with Crippen molar-refractivity contribution < 1.29 is 14.1 Å². The molecular weight excluding hydrogens is 342 g/mol. The zero-order valence-corrected chi connectivity index (χ0v) is 14.4. The maximum absolute atomic E-state index is 12.2. The van der Waals surface area contributed by atoms with Crippen molar-refractivity contribution in [2.24, 2.45) is 0 Å². The van der Waals surface area contributed by atoms with E-state index in [4.69, 9.17) is 20.9 Å². The summed E-state index contributed by atoms with van der Waals surface area (Å²) in [5, 5.41) is 6.97. The minimum absolute atomic E-state index is 0.0894. The second-order valence-electron chi connectivity index (χ2n) is 5.45. The summed E-state index contributed by atoms with van der Waals surface area (Å²) in [4.78, 5) is 16.4. The van der Waals surface area contributed by atoms with Gasteiger partial charge in [-0.05, 0) is 54.9 Å². The fourth-order valence-electron chi connectivity index (χ4n) is 2.13. The maximum atomic E-state index is 12.2. The van der Waals surface area contributed by atoms with Crippen LogP contribution in [-0.2, 0) is 4.79 Å². The molecule has 25 heavy (non-hydrogen) atoms. The van der Waals surface area contributed by atoms with Gasteiger partial charge in [-0.25, -0.2) is 0 Å². The van der Waals surface area contributed by atoms with Gasteiger partial charge < -0.3 is 9.26 Å². The number of hydrogen-bond acceptors (Lipinski definition) is 5. The first kappa shape index (κ1) is 17.0. The quantitative estimate of drug-likeness (QED) is 0.743. The molecule has 0 saturated carbocycles. The Morgan fingerprint density at radius 2 is 2.00 bits per heavy atom. The predicted molar refractivity (Wildman–Crippen MR) is 94.6 cm³/mol. The summed E-state index contributed by atoms with van der Waals surface area (Å²) < 4.78 is 10.8. The molecule has 0 saturated heterocycles. The van der Waals surface area contributed by atoms with Crippen LogP contribution in [0.15, 0.2) is 53.1 Å². The van der Waals surface area contributed by atoms with Crippen LogP contribution in [0.1, 0.15) is 12.5 Å². The van der Waals surface area contributed by atoms with Crippen LogP contribution in [0.2, 0.25) is 5.02 Å². The molecule has 7 heteroatoms. The highest BCUT2D eigenvalue weighted by molar-refractivity contribution is 6.31. The number of carbonyl (C=O) groups is 1. The van der Waals surface area contributed by atoms with Gasteiger partial charge in [0.1, 0.15) is 5.75 Å². The number of hydrogen-bond donors (Lipinski definition) is 1. The van der Waals surface area contributed by atoms with Crippen LogP contribution >= 0.6 is 11.6 Å². The van der Waals surface area contributed by atoms with E-state index in [2.05, 4.69) is 15.5 Å². The summed E-state index contributed by atoms with van der Waals surface area (Å²) in [5.74, 6) is 0.597. The second kappa shape index (κ2) is 7.36. The van der Waals surface area contributed by atoms with Gasteiger partial charge in [0.15, 0.2) is 6.10 Å². The smallest absolute Gasteiger partial charge is 0.270 e. The Bertz CT molecular complexity index is 880. The second-order valence-corrected chi connectivity index (χ2v) is 5.86. The number of nitrogens with zero attached hydrogens (tertiary/aromatic N) is 2. The molecule has 3 aromatic rings. The SMILES string of the molecule is Cc1cc(O[C@@H](C)C(=O)Nc2noc(-c3ccccc3)n2)ccc1Cl. The van der Waals surface area contributed by atoms with Gasteiger partial charge in [0.05, 0.1) is 0 Å². The fraction of sp³-hybridized carbons (Fsp3) is 0.167. The number of rotatable bonds is 5. The molecule has 0 fully saturated rings. The average molecular weight is 358 g/mol. The summed E-state index contributed by atoms with van der Waals surface area (Å²) >= 11 is 5.98. The lowest BCUT2D eigenvalue weighted by molar-refractivity contribution is -0.122. The van der Waals surface area contributed by atoms with Gasteiger partial charge >= 0.3 is 0 Å². The van der Waals surface area contributed by atoms with Crippen molar-refractivity contribution in [2.75, 3.05) is 5.32 Å². The van der Waals surface area contributed by atoms with Gasteiger partial charge in [-0.2, -0.15) is 4.98 Å². The normalized spacial score (nSPS) is 11.8. The Kier molecular flexibility index (Phi) is 5.00. The van der Waals surface area contributed by atoms with E-state index in [1.165, 1.54) is 0 Å². The van der Waals surface area contributed by atoms with Gasteiger partial charge in [-0.15, -0.1) is 0 Å². The molecule has 0 bridgehead atoms. The van der Waals surface area contributed by atoms with Gasteiger partial charge in [-0.1, -0.05) is 29.8 Å². The first-order valence-electron chi connectivity index (χ1n) is 7.66. The lowest BCUT2D eigenvalue weighted by Crippen LogP contribution is -2.30. The minimum Gasteiger partial charge on any atom is -0.481 e. The number of ether oxygens (including phenoxy) is 1. The Morgan fingerprint density at radius 3 is 2.72 bits per heavy atom. The van der Waals surface area contributed by atoms with Gasteiger partial charge in [0.2, 0.25) is 0 Å². The van der Waals surface area contributed by atoms with Crippen molar-refractivity contribution in [2.45, 2.75) is 20.0 Å². The van der Waals surface area contributed by atoms with Gasteiger partial charge in [0, 0.05) is 10.6 Å². The van der Waals surface area contributed by atoms with Crippen molar-refractivity contribution in [1.29, 1.82) is 0 Å². The zero-order chi connectivity index (χ0) is 17.8. The number of benzene rings is 2. The van der Waals surface area contributed by atoms with Crippen LogP contribution in [0.25, 0.3) is 11.5 Å². The zero-order valence-electron chi connectivity index (χ0n) is 13.7. The molecule has 6 nitrogen and oxygen atoms in total. The molecular formula is C18H16ClN3O3. The number of halogens is 1. The average Bonchev–Trinajstić information content (AvgIpc) is 3.07. The fourth-order valence-corrected chi connectivity index (χ4v) is 2.25. The van der Waals surface area contributed by atoms with Gasteiger partial charge in [0.25, 0.3) is 17.7 Å². The summed E-state index contributed by atoms with van der Waals surface area (Å²) in [6, 6.07) is 14.5. The lowest BCUT2D eigenvalue weighted by atomic mass is 10.2. The number of aromatic nitrogens is 2. The third kappa shape index (κ3) is 4.16. The molecule has 3 rings (SSSR count). The first-order valence-corrected chi connectivity index (χ1v) is 8.03. The molecule has 0 unspecified atom stereocenters. The van der Waals surface area contributed by atoms with E-state index in [1.54, 1.807) is 25.1 Å². The molecule has 1 amide bonds. The van der Waals surface area contributed by atoms with Crippen LogP contribution in [0.5, 0.6) is 5.75 Å². The molecule has 0 radical (unpaired) electrons. The number of aryl methyl sites for hydroxylation is 1. The molecule has 1 N–H and O–H groups in total. The van der Waals surface area contributed by atoms with Crippen molar-refractivity contribution >= 4 is 23.5 Å². The van der Waals surface area contributed by atoms with E-state index < -0.39 is 6.10 Å². The largest absolute Gasteiger partial charge is 0.481 e. The summed E-state index contributed by atoms with van der Waals surface area (Å²) in [6.07, 6.45) is -0.737. The number of nitrogens with one attached hydrogen (secondary N) is 1. The van der Waals surface area contributed by atoms with Crippen LogP contribution < -0.4 is 10.1 Å². The third-order valence-corrected chi connectivity index (χ3v) is 3.92. The first-order chi connectivity index (χ1) is 12.0. The standard InChI is InChI=1S/C18H16ClN3O3/c1-11-10-14(8-9-15(11)19)24-12(2)16(23)20-18-21-17(25-22-18)13-6-4-3-5-7-13/h3-10,12H,1-2H3,(H,20,22,23)/t12-/m0/s1.